The summed E-state index contributed by atoms with van der Waals surface area (Å²) in [6.07, 6.45) is 7.03. The first-order valence-corrected chi connectivity index (χ1v) is 4.89. The highest BCUT2D eigenvalue weighted by Gasteiger charge is 2.21. The molecule has 0 aliphatic carbocycles. The number of nitrogens with zero attached hydrogens (tertiary/aromatic N) is 3. The van der Waals surface area contributed by atoms with Crippen LogP contribution in [0.3, 0.4) is 0 Å². The molecule has 0 atom stereocenters. The maximum Gasteiger partial charge on any atom is 0.0954 e. The molecule has 4 nitrogen and oxygen atoms in total. The molecule has 0 aliphatic heterocycles. The second kappa shape index (κ2) is 3.46. The Morgan fingerprint density at radius 3 is 2.47 bits per heavy atom. The molecule has 0 spiro atoms. The SMILES string of the molecule is CC(C)(C)c1nccnc1-c1cn[nH]c1. The standard InChI is InChI=1S/C11H14N4/c1-11(2,3)10-9(12-4-5-13-10)8-6-14-15-7-8/h4-7H,1-3H3,(H,14,15). The van der Waals surface area contributed by atoms with Crippen molar-refractivity contribution in [2.75, 3.05) is 0 Å². The highest BCUT2D eigenvalue weighted by atomic mass is 15.1. The van der Waals surface area contributed by atoms with E-state index in [-0.39, 0.29) is 5.41 Å². The van der Waals surface area contributed by atoms with E-state index in [9.17, 15) is 0 Å². The first-order valence-electron chi connectivity index (χ1n) is 4.89. The van der Waals surface area contributed by atoms with Crippen LogP contribution in [0.4, 0.5) is 0 Å². The van der Waals surface area contributed by atoms with Crippen LogP contribution in [-0.4, -0.2) is 20.2 Å². The molecule has 2 heterocycles. The van der Waals surface area contributed by atoms with Crippen LogP contribution < -0.4 is 0 Å². The van der Waals surface area contributed by atoms with E-state index >= 15 is 0 Å². The zero-order valence-electron chi connectivity index (χ0n) is 9.15. The van der Waals surface area contributed by atoms with Crippen LogP contribution in [-0.2, 0) is 5.41 Å². The molecule has 1 N–H and O–H groups in total. The smallest absolute Gasteiger partial charge is 0.0954 e. The Morgan fingerprint density at radius 2 is 1.87 bits per heavy atom. The second-order valence-electron chi connectivity index (χ2n) is 4.49. The van der Waals surface area contributed by atoms with Gasteiger partial charge in [-0.1, -0.05) is 20.8 Å². The van der Waals surface area contributed by atoms with Crippen LogP contribution in [0, 0.1) is 0 Å². The summed E-state index contributed by atoms with van der Waals surface area (Å²) in [4.78, 5) is 8.77. The van der Waals surface area contributed by atoms with E-state index in [2.05, 4.69) is 40.9 Å². The maximum absolute atomic E-state index is 4.40. The highest BCUT2D eigenvalue weighted by molar-refractivity contribution is 5.60. The Balaban J connectivity index is 2.58. The van der Waals surface area contributed by atoms with Crippen molar-refractivity contribution < 1.29 is 0 Å². The topological polar surface area (TPSA) is 54.5 Å². The van der Waals surface area contributed by atoms with Crippen LogP contribution in [0.5, 0.6) is 0 Å². The lowest BCUT2D eigenvalue weighted by molar-refractivity contribution is 0.568. The summed E-state index contributed by atoms with van der Waals surface area (Å²) < 4.78 is 0. The molecule has 0 saturated heterocycles. The Hall–Kier alpha value is -1.71. The van der Waals surface area contributed by atoms with Gasteiger partial charge >= 0.3 is 0 Å². The molecule has 0 fully saturated rings. The van der Waals surface area contributed by atoms with E-state index < -0.39 is 0 Å². The van der Waals surface area contributed by atoms with Crippen LogP contribution in [0.2, 0.25) is 0 Å². The van der Waals surface area contributed by atoms with Crippen molar-refractivity contribution in [1.82, 2.24) is 20.2 Å². The molecule has 0 aliphatic rings. The predicted molar refractivity (Wildman–Crippen MR) is 58.3 cm³/mol. The van der Waals surface area contributed by atoms with Gasteiger partial charge in [-0.3, -0.25) is 15.1 Å². The number of hydrogen-bond donors (Lipinski definition) is 1. The Kier molecular flexibility index (Phi) is 2.26. The number of rotatable bonds is 1. The van der Waals surface area contributed by atoms with Crippen molar-refractivity contribution in [3.8, 4) is 11.3 Å². The molecule has 0 amide bonds. The average molecular weight is 202 g/mol. The summed E-state index contributed by atoms with van der Waals surface area (Å²) in [5, 5.41) is 6.72. The summed E-state index contributed by atoms with van der Waals surface area (Å²) >= 11 is 0. The van der Waals surface area contributed by atoms with Gasteiger partial charge < -0.3 is 0 Å². The van der Waals surface area contributed by atoms with Gasteiger partial charge in [0.25, 0.3) is 0 Å². The Bertz CT molecular complexity index is 440. The fourth-order valence-corrected chi connectivity index (χ4v) is 1.48. The lowest BCUT2D eigenvalue weighted by atomic mass is 9.89. The molecular weight excluding hydrogens is 188 g/mol. The molecule has 2 rings (SSSR count). The van der Waals surface area contributed by atoms with Crippen molar-refractivity contribution in [3.05, 3.63) is 30.5 Å². The molecular formula is C11H14N4. The quantitative estimate of drug-likeness (QED) is 0.771. The van der Waals surface area contributed by atoms with Gasteiger partial charge in [-0.25, -0.2) is 0 Å². The molecule has 4 heteroatoms. The molecule has 15 heavy (non-hydrogen) atoms. The summed E-state index contributed by atoms with van der Waals surface area (Å²) in [5.41, 5.74) is 2.86. The molecule has 0 saturated carbocycles. The number of H-pyrrole nitrogens is 1. The van der Waals surface area contributed by atoms with E-state index in [0.29, 0.717) is 0 Å². The fraction of sp³-hybridized carbons (Fsp3) is 0.364. The van der Waals surface area contributed by atoms with Gasteiger partial charge in [0.1, 0.15) is 0 Å². The van der Waals surface area contributed by atoms with Crippen molar-refractivity contribution in [3.63, 3.8) is 0 Å². The zero-order chi connectivity index (χ0) is 10.9. The third-order valence-corrected chi connectivity index (χ3v) is 2.18. The normalized spacial score (nSPS) is 11.7. The van der Waals surface area contributed by atoms with Crippen LogP contribution in [0.1, 0.15) is 26.5 Å². The molecule has 0 radical (unpaired) electrons. The van der Waals surface area contributed by atoms with Crippen LogP contribution >= 0.6 is 0 Å². The van der Waals surface area contributed by atoms with Gasteiger partial charge in [-0.15, -0.1) is 0 Å². The maximum atomic E-state index is 4.40. The number of hydrogen-bond acceptors (Lipinski definition) is 3. The van der Waals surface area contributed by atoms with Crippen molar-refractivity contribution in [2.45, 2.75) is 26.2 Å². The minimum absolute atomic E-state index is 0.0130. The number of nitrogens with one attached hydrogen (secondary N) is 1. The lowest BCUT2D eigenvalue weighted by Crippen LogP contribution is -2.15. The minimum Gasteiger partial charge on any atom is -0.285 e. The van der Waals surface area contributed by atoms with E-state index in [0.717, 1.165) is 17.0 Å². The van der Waals surface area contributed by atoms with Crippen molar-refractivity contribution in [2.24, 2.45) is 0 Å². The van der Waals surface area contributed by atoms with Crippen LogP contribution in [0.25, 0.3) is 11.3 Å². The molecule has 78 valence electrons. The monoisotopic (exact) mass is 202 g/mol. The van der Waals surface area contributed by atoms with Gasteiger partial charge in [0.15, 0.2) is 0 Å². The van der Waals surface area contributed by atoms with E-state index in [1.54, 1.807) is 18.6 Å². The van der Waals surface area contributed by atoms with E-state index in [1.807, 2.05) is 6.20 Å². The molecule has 0 bridgehead atoms. The first kappa shape index (κ1) is 9.83. The predicted octanol–water partition coefficient (Wildman–Crippen LogP) is 2.16. The third-order valence-electron chi connectivity index (χ3n) is 2.18. The zero-order valence-corrected chi connectivity index (χ0v) is 9.15. The van der Waals surface area contributed by atoms with Gasteiger partial charge in [-0.2, -0.15) is 5.10 Å². The average Bonchev–Trinajstić information content (AvgIpc) is 2.69. The molecule has 0 unspecified atom stereocenters. The highest BCUT2D eigenvalue weighted by Crippen LogP contribution is 2.28. The van der Waals surface area contributed by atoms with E-state index in [4.69, 9.17) is 0 Å². The Morgan fingerprint density at radius 1 is 1.13 bits per heavy atom. The summed E-state index contributed by atoms with van der Waals surface area (Å²) in [6.45, 7) is 6.38. The lowest BCUT2D eigenvalue weighted by Gasteiger charge is -2.19. The first-order chi connectivity index (χ1) is 7.09. The third kappa shape index (κ3) is 1.88. The van der Waals surface area contributed by atoms with Gasteiger partial charge in [0, 0.05) is 29.6 Å². The van der Waals surface area contributed by atoms with Crippen molar-refractivity contribution in [1.29, 1.82) is 0 Å². The molecule has 0 aromatic carbocycles. The fourth-order valence-electron chi connectivity index (χ4n) is 1.48. The van der Waals surface area contributed by atoms with E-state index in [1.165, 1.54) is 0 Å². The number of aromatic nitrogens is 4. The van der Waals surface area contributed by atoms with Crippen LogP contribution in [0.15, 0.2) is 24.8 Å². The summed E-state index contributed by atoms with van der Waals surface area (Å²) in [5.74, 6) is 0. The van der Waals surface area contributed by atoms with Gasteiger partial charge in [0.2, 0.25) is 0 Å². The van der Waals surface area contributed by atoms with Crippen molar-refractivity contribution >= 4 is 0 Å². The Labute approximate surface area is 88.8 Å². The minimum atomic E-state index is -0.0130. The second-order valence-corrected chi connectivity index (χ2v) is 4.49. The summed E-state index contributed by atoms with van der Waals surface area (Å²) in [6, 6.07) is 0. The largest absolute Gasteiger partial charge is 0.285 e. The molecule has 2 aromatic heterocycles. The molecule has 2 aromatic rings. The van der Waals surface area contributed by atoms with Gasteiger partial charge in [-0.05, 0) is 0 Å². The summed E-state index contributed by atoms with van der Waals surface area (Å²) in [7, 11) is 0. The van der Waals surface area contributed by atoms with Gasteiger partial charge in [0.05, 0.1) is 17.6 Å². The number of aromatic amines is 1.